The number of anilines is 1. The van der Waals surface area contributed by atoms with Crippen molar-refractivity contribution in [1.29, 1.82) is 0 Å². The van der Waals surface area contributed by atoms with E-state index < -0.39 is 0 Å². The minimum atomic E-state index is -0.312. The minimum absolute atomic E-state index is 0.312. The van der Waals surface area contributed by atoms with E-state index in [9.17, 15) is 4.79 Å². The number of rotatable bonds is 4. The molecule has 2 amide bonds. The fourth-order valence-corrected chi connectivity index (χ4v) is 2.45. The molecule has 0 heterocycles. The molecule has 0 saturated carbocycles. The monoisotopic (exact) mass is 342 g/mol. The minimum Gasteiger partial charge on any atom is -0.338 e. The van der Waals surface area contributed by atoms with Gasteiger partial charge in [-0.1, -0.05) is 53.0 Å². The molecule has 2 rings (SSSR count). The summed E-state index contributed by atoms with van der Waals surface area (Å²) in [4.78, 5) is 11.8. The average Bonchev–Trinajstić information content (AvgIpc) is 2.44. The molecule has 0 aliphatic heterocycles. The number of benzene rings is 2. The number of para-hydroxylation sites is 1. The molecular weight excluding hydrogens is 331 g/mol. The molecule has 0 aliphatic rings. The van der Waals surface area contributed by atoms with Gasteiger partial charge in [-0.2, -0.15) is 0 Å². The molecule has 0 saturated heterocycles. The van der Waals surface area contributed by atoms with E-state index in [4.69, 9.17) is 34.8 Å². The number of amides is 2. The van der Waals surface area contributed by atoms with Gasteiger partial charge in [0.1, 0.15) is 0 Å². The number of halogens is 3. The predicted octanol–water partition coefficient (Wildman–Crippen LogP) is 5.01. The summed E-state index contributed by atoms with van der Waals surface area (Å²) in [5.74, 6) is 0. The predicted molar refractivity (Wildman–Crippen MR) is 88.6 cm³/mol. The second-order valence-electron chi connectivity index (χ2n) is 4.35. The zero-order valence-electron chi connectivity index (χ0n) is 11.0. The molecule has 2 aromatic rings. The number of carbonyl (C=O) groups excluding carboxylic acids is 1. The lowest BCUT2D eigenvalue weighted by Crippen LogP contribution is -2.30. The Bertz CT molecular complexity index is 647. The quantitative estimate of drug-likeness (QED) is 0.805. The SMILES string of the molecule is O=C(NCCc1ccc(Cl)cc1Cl)Nc1ccccc1Cl. The molecule has 0 atom stereocenters. The van der Waals surface area contributed by atoms with Gasteiger partial charge in [0.25, 0.3) is 0 Å². The summed E-state index contributed by atoms with van der Waals surface area (Å²) in [5.41, 5.74) is 1.50. The van der Waals surface area contributed by atoms with Gasteiger partial charge in [-0.3, -0.25) is 0 Å². The summed E-state index contributed by atoms with van der Waals surface area (Å²) in [6.07, 6.45) is 0.617. The number of hydrogen-bond donors (Lipinski definition) is 2. The van der Waals surface area contributed by atoms with E-state index in [2.05, 4.69) is 10.6 Å². The van der Waals surface area contributed by atoms with Crippen molar-refractivity contribution in [1.82, 2.24) is 5.32 Å². The van der Waals surface area contributed by atoms with E-state index in [-0.39, 0.29) is 6.03 Å². The highest BCUT2D eigenvalue weighted by Crippen LogP contribution is 2.21. The zero-order valence-corrected chi connectivity index (χ0v) is 13.3. The van der Waals surface area contributed by atoms with Crippen molar-refractivity contribution in [3.05, 3.63) is 63.1 Å². The van der Waals surface area contributed by atoms with Crippen molar-refractivity contribution in [2.45, 2.75) is 6.42 Å². The molecule has 0 bridgehead atoms. The van der Waals surface area contributed by atoms with Crippen LogP contribution in [-0.4, -0.2) is 12.6 Å². The third kappa shape index (κ3) is 4.81. The summed E-state index contributed by atoms with van der Waals surface area (Å²) < 4.78 is 0. The van der Waals surface area contributed by atoms with Crippen LogP contribution in [0, 0.1) is 0 Å². The van der Waals surface area contributed by atoms with E-state index in [0.717, 1.165) is 5.56 Å². The molecule has 3 nitrogen and oxygen atoms in total. The van der Waals surface area contributed by atoms with Gasteiger partial charge < -0.3 is 10.6 Å². The van der Waals surface area contributed by atoms with Crippen LogP contribution in [0.5, 0.6) is 0 Å². The van der Waals surface area contributed by atoms with E-state index in [1.807, 2.05) is 6.07 Å². The van der Waals surface area contributed by atoms with Gasteiger partial charge in [0.15, 0.2) is 0 Å². The second kappa shape index (κ2) is 7.55. The van der Waals surface area contributed by atoms with Crippen LogP contribution in [0.15, 0.2) is 42.5 Å². The highest BCUT2D eigenvalue weighted by molar-refractivity contribution is 6.35. The number of carbonyl (C=O) groups is 1. The third-order valence-electron chi connectivity index (χ3n) is 2.82. The maximum absolute atomic E-state index is 11.8. The maximum Gasteiger partial charge on any atom is 0.319 e. The first-order valence-corrected chi connectivity index (χ1v) is 7.43. The van der Waals surface area contributed by atoms with Crippen LogP contribution < -0.4 is 10.6 Å². The summed E-state index contributed by atoms with van der Waals surface area (Å²) >= 11 is 17.9. The van der Waals surface area contributed by atoms with Crippen LogP contribution in [0.2, 0.25) is 15.1 Å². The molecule has 6 heteroatoms. The molecule has 0 unspecified atom stereocenters. The molecule has 0 radical (unpaired) electrons. The first-order chi connectivity index (χ1) is 10.1. The van der Waals surface area contributed by atoms with Gasteiger partial charge in [0.2, 0.25) is 0 Å². The Kier molecular flexibility index (Phi) is 5.74. The lowest BCUT2D eigenvalue weighted by Gasteiger charge is -2.09. The second-order valence-corrected chi connectivity index (χ2v) is 5.60. The highest BCUT2D eigenvalue weighted by atomic mass is 35.5. The normalized spacial score (nSPS) is 10.2. The lowest BCUT2D eigenvalue weighted by molar-refractivity contribution is 0.252. The molecule has 2 N–H and O–H groups in total. The molecule has 110 valence electrons. The molecule has 2 aromatic carbocycles. The fourth-order valence-electron chi connectivity index (χ4n) is 1.76. The van der Waals surface area contributed by atoms with Gasteiger partial charge >= 0.3 is 6.03 Å². The van der Waals surface area contributed by atoms with E-state index in [1.54, 1.807) is 36.4 Å². The van der Waals surface area contributed by atoms with Gasteiger partial charge in [-0.15, -0.1) is 0 Å². The zero-order chi connectivity index (χ0) is 15.2. The third-order valence-corrected chi connectivity index (χ3v) is 3.73. The van der Waals surface area contributed by atoms with Crippen molar-refractivity contribution in [2.24, 2.45) is 0 Å². The van der Waals surface area contributed by atoms with Crippen molar-refractivity contribution in [3.63, 3.8) is 0 Å². The van der Waals surface area contributed by atoms with Gasteiger partial charge in [0.05, 0.1) is 10.7 Å². The van der Waals surface area contributed by atoms with Gasteiger partial charge in [-0.05, 0) is 36.2 Å². The highest BCUT2D eigenvalue weighted by Gasteiger charge is 2.05. The Morgan fingerprint density at radius 2 is 1.76 bits per heavy atom. The molecule has 0 aliphatic carbocycles. The van der Waals surface area contributed by atoms with Gasteiger partial charge in [-0.25, -0.2) is 4.79 Å². The van der Waals surface area contributed by atoms with Crippen molar-refractivity contribution in [3.8, 4) is 0 Å². The first kappa shape index (κ1) is 16.0. The van der Waals surface area contributed by atoms with Crippen LogP contribution >= 0.6 is 34.8 Å². The Balaban J connectivity index is 1.83. The summed E-state index contributed by atoms with van der Waals surface area (Å²) in [7, 11) is 0. The Morgan fingerprint density at radius 3 is 2.48 bits per heavy atom. The van der Waals surface area contributed by atoms with Gasteiger partial charge in [0, 0.05) is 16.6 Å². The first-order valence-electron chi connectivity index (χ1n) is 6.29. The van der Waals surface area contributed by atoms with Crippen LogP contribution in [0.25, 0.3) is 0 Å². The average molecular weight is 344 g/mol. The topological polar surface area (TPSA) is 41.1 Å². The van der Waals surface area contributed by atoms with Crippen molar-refractivity contribution in [2.75, 3.05) is 11.9 Å². The number of hydrogen-bond acceptors (Lipinski definition) is 1. The Hall–Kier alpha value is -1.42. The Morgan fingerprint density at radius 1 is 1.00 bits per heavy atom. The number of nitrogens with one attached hydrogen (secondary N) is 2. The smallest absolute Gasteiger partial charge is 0.319 e. The summed E-state index contributed by atoms with van der Waals surface area (Å²) in [6, 6.07) is 12.0. The maximum atomic E-state index is 11.8. The molecule has 0 spiro atoms. The molecule has 0 aromatic heterocycles. The summed E-state index contributed by atoms with van der Waals surface area (Å²) in [5, 5.41) is 7.11. The van der Waals surface area contributed by atoms with Crippen LogP contribution in [0.3, 0.4) is 0 Å². The lowest BCUT2D eigenvalue weighted by atomic mass is 10.1. The van der Waals surface area contributed by atoms with Crippen molar-refractivity contribution < 1.29 is 4.79 Å². The Labute approximate surface area is 138 Å². The molecule has 21 heavy (non-hydrogen) atoms. The van der Waals surface area contributed by atoms with E-state index in [1.165, 1.54) is 0 Å². The van der Waals surface area contributed by atoms with E-state index >= 15 is 0 Å². The van der Waals surface area contributed by atoms with E-state index in [0.29, 0.717) is 33.7 Å². The molecular formula is C15H13Cl3N2O. The van der Waals surface area contributed by atoms with Crippen LogP contribution in [0.1, 0.15) is 5.56 Å². The number of urea groups is 1. The van der Waals surface area contributed by atoms with Crippen LogP contribution in [-0.2, 0) is 6.42 Å². The standard InChI is InChI=1S/C15H13Cl3N2O/c16-11-6-5-10(13(18)9-11)7-8-19-15(21)20-14-4-2-1-3-12(14)17/h1-6,9H,7-8H2,(H2,19,20,21). The molecule has 0 fully saturated rings. The van der Waals surface area contributed by atoms with Crippen molar-refractivity contribution >= 4 is 46.5 Å². The van der Waals surface area contributed by atoms with Crippen LogP contribution in [0.4, 0.5) is 10.5 Å². The summed E-state index contributed by atoms with van der Waals surface area (Å²) in [6.45, 7) is 0.456. The fraction of sp³-hybridized carbons (Fsp3) is 0.133. The largest absolute Gasteiger partial charge is 0.338 e.